The Hall–Kier alpha value is -0.830. The Kier molecular flexibility index (Phi) is 1.43. The lowest BCUT2D eigenvalue weighted by atomic mass is 10.6. The molecular weight excluding hydrogens is 146 g/mol. The van der Waals surface area contributed by atoms with Crippen molar-refractivity contribution < 1.29 is 4.42 Å². The zero-order valence-electron chi connectivity index (χ0n) is 5.36. The molecule has 0 saturated heterocycles. The zero-order valence-corrected chi connectivity index (χ0v) is 6.17. The monoisotopic (exact) mass is 153 g/mol. The minimum absolute atomic E-state index is 0.918. The summed E-state index contributed by atoms with van der Waals surface area (Å²) in [5.74, 6) is 1.88. The molecule has 2 nitrogen and oxygen atoms in total. The van der Waals surface area contributed by atoms with E-state index in [0.29, 0.717) is 0 Å². The van der Waals surface area contributed by atoms with Crippen LogP contribution in [0, 0.1) is 0 Å². The highest BCUT2D eigenvalue weighted by Crippen LogP contribution is 2.23. The Morgan fingerprint density at radius 1 is 1.60 bits per heavy atom. The van der Waals surface area contributed by atoms with Crippen molar-refractivity contribution in [3.05, 3.63) is 30.0 Å². The minimum atomic E-state index is 0.918. The van der Waals surface area contributed by atoms with E-state index in [9.17, 15) is 0 Å². The Morgan fingerprint density at radius 2 is 2.60 bits per heavy atom. The van der Waals surface area contributed by atoms with Crippen LogP contribution in [0.1, 0.15) is 0 Å². The van der Waals surface area contributed by atoms with Crippen LogP contribution in [0.3, 0.4) is 0 Å². The van der Waals surface area contributed by atoms with Gasteiger partial charge in [0.1, 0.15) is 0 Å². The molecule has 0 bridgehead atoms. The van der Waals surface area contributed by atoms with E-state index in [-0.39, 0.29) is 0 Å². The average Bonchev–Trinajstić information content (AvgIpc) is 2.59. The van der Waals surface area contributed by atoms with Gasteiger partial charge >= 0.3 is 0 Å². The standard InChI is InChI=1S/C7H7NOS/c1-2-7(9-4-1)8-3-5-10-6-8/h1-5H,6H2. The lowest BCUT2D eigenvalue weighted by Crippen LogP contribution is -2.08. The minimum Gasteiger partial charge on any atom is -0.448 e. The highest BCUT2D eigenvalue weighted by molar-refractivity contribution is 8.02. The van der Waals surface area contributed by atoms with Gasteiger partial charge in [-0.25, -0.2) is 0 Å². The van der Waals surface area contributed by atoms with Crippen LogP contribution in [-0.4, -0.2) is 5.88 Å². The second-order valence-electron chi connectivity index (χ2n) is 2.00. The summed E-state index contributed by atoms with van der Waals surface area (Å²) in [5, 5.41) is 2.06. The van der Waals surface area contributed by atoms with E-state index in [1.807, 2.05) is 18.3 Å². The molecule has 1 aromatic heterocycles. The molecule has 0 aliphatic carbocycles. The normalized spacial score (nSPS) is 16.6. The van der Waals surface area contributed by atoms with Crippen molar-refractivity contribution in [2.75, 3.05) is 10.8 Å². The number of hydrogen-bond acceptors (Lipinski definition) is 3. The van der Waals surface area contributed by atoms with E-state index in [0.717, 1.165) is 11.8 Å². The first-order valence-corrected chi connectivity index (χ1v) is 4.10. The Morgan fingerprint density at radius 3 is 3.20 bits per heavy atom. The predicted octanol–water partition coefficient (Wildman–Crippen LogP) is 2.26. The first-order chi connectivity index (χ1) is 4.97. The first-order valence-electron chi connectivity index (χ1n) is 3.05. The van der Waals surface area contributed by atoms with Gasteiger partial charge in [-0.05, 0) is 11.5 Å². The molecule has 2 rings (SSSR count). The molecule has 0 spiro atoms. The van der Waals surface area contributed by atoms with E-state index in [4.69, 9.17) is 4.42 Å². The summed E-state index contributed by atoms with van der Waals surface area (Å²) in [6.07, 6.45) is 3.70. The molecule has 3 heteroatoms. The molecule has 10 heavy (non-hydrogen) atoms. The molecule has 1 aliphatic heterocycles. The van der Waals surface area contributed by atoms with Gasteiger partial charge < -0.3 is 9.32 Å². The SMILES string of the molecule is C1=CN(c2ccco2)CS1. The number of nitrogens with zero attached hydrogens (tertiary/aromatic N) is 1. The molecule has 0 fully saturated rings. The van der Waals surface area contributed by atoms with Crippen LogP contribution in [0.5, 0.6) is 0 Å². The molecule has 0 N–H and O–H groups in total. The van der Waals surface area contributed by atoms with Crippen LogP contribution in [-0.2, 0) is 0 Å². The van der Waals surface area contributed by atoms with Crippen molar-refractivity contribution in [1.82, 2.24) is 0 Å². The van der Waals surface area contributed by atoms with Gasteiger partial charge in [-0.1, -0.05) is 0 Å². The van der Waals surface area contributed by atoms with Crippen molar-refractivity contribution in [1.29, 1.82) is 0 Å². The van der Waals surface area contributed by atoms with Crippen molar-refractivity contribution in [2.45, 2.75) is 0 Å². The zero-order chi connectivity index (χ0) is 6.81. The molecule has 1 aromatic rings. The Balaban J connectivity index is 2.20. The second-order valence-corrected chi connectivity index (χ2v) is 2.87. The smallest absolute Gasteiger partial charge is 0.199 e. The summed E-state index contributed by atoms with van der Waals surface area (Å²) in [6, 6.07) is 3.85. The van der Waals surface area contributed by atoms with Crippen molar-refractivity contribution in [3.63, 3.8) is 0 Å². The maximum Gasteiger partial charge on any atom is 0.199 e. The van der Waals surface area contributed by atoms with Crippen molar-refractivity contribution in [2.24, 2.45) is 0 Å². The number of furan rings is 1. The summed E-state index contributed by atoms with van der Waals surface area (Å²) in [5.41, 5.74) is 0. The third kappa shape index (κ3) is 0.926. The van der Waals surface area contributed by atoms with Gasteiger partial charge in [0.2, 0.25) is 0 Å². The quantitative estimate of drug-likeness (QED) is 0.615. The van der Waals surface area contributed by atoms with Crippen LogP contribution >= 0.6 is 11.8 Å². The molecule has 0 aromatic carbocycles. The van der Waals surface area contributed by atoms with Crippen LogP contribution in [0.25, 0.3) is 0 Å². The van der Waals surface area contributed by atoms with E-state index in [1.165, 1.54) is 0 Å². The van der Waals surface area contributed by atoms with E-state index in [2.05, 4.69) is 10.3 Å². The second kappa shape index (κ2) is 2.42. The molecule has 0 atom stereocenters. The Labute approximate surface area is 63.5 Å². The fraction of sp³-hybridized carbons (Fsp3) is 0.143. The van der Waals surface area contributed by atoms with Gasteiger partial charge in [-0.2, -0.15) is 0 Å². The fourth-order valence-corrected chi connectivity index (χ4v) is 1.55. The number of thioether (sulfide) groups is 1. The first kappa shape index (κ1) is 5.92. The van der Waals surface area contributed by atoms with E-state index < -0.39 is 0 Å². The molecule has 1 aliphatic rings. The van der Waals surface area contributed by atoms with Crippen molar-refractivity contribution >= 4 is 17.6 Å². The van der Waals surface area contributed by atoms with Gasteiger partial charge in [-0.3, -0.25) is 0 Å². The van der Waals surface area contributed by atoms with E-state index in [1.54, 1.807) is 18.0 Å². The van der Waals surface area contributed by atoms with Gasteiger partial charge in [-0.15, -0.1) is 11.8 Å². The fourth-order valence-electron chi connectivity index (χ4n) is 0.853. The maximum absolute atomic E-state index is 5.18. The molecular formula is C7H7NOS. The molecule has 2 heterocycles. The molecule has 52 valence electrons. The highest BCUT2D eigenvalue weighted by atomic mass is 32.2. The third-order valence-corrected chi connectivity index (χ3v) is 2.08. The maximum atomic E-state index is 5.18. The number of rotatable bonds is 1. The van der Waals surface area contributed by atoms with Gasteiger partial charge in [0.25, 0.3) is 0 Å². The van der Waals surface area contributed by atoms with Gasteiger partial charge in [0, 0.05) is 12.3 Å². The predicted molar refractivity (Wildman–Crippen MR) is 42.8 cm³/mol. The summed E-state index contributed by atoms with van der Waals surface area (Å²) in [4.78, 5) is 2.06. The average molecular weight is 153 g/mol. The molecule has 0 amide bonds. The van der Waals surface area contributed by atoms with Gasteiger partial charge in [0.05, 0.1) is 12.1 Å². The number of anilines is 1. The summed E-state index contributed by atoms with van der Waals surface area (Å²) in [6.45, 7) is 0. The third-order valence-electron chi connectivity index (χ3n) is 1.34. The van der Waals surface area contributed by atoms with Crippen molar-refractivity contribution in [3.8, 4) is 0 Å². The van der Waals surface area contributed by atoms with Gasteiger partial charge in [0.15, 0.2) is 5.88 Å². The lowest BCUT2D eigenvalue weighted by molar-refractivity contribution is 0.568. The number of hydrogen-bond donors (Lipinski definition) is 0. The lowest BCUT2D eigenvalue weighted by Gasteiger charge is -2.08. The Bertz CT molecular complexity index is 230. The topological polar surface area (TPSA) is 16.4 Å². The van der Waals surface area contributed by atoms with E-state index >= 15 is 0 Å². The largest absolute Gasteiger partial charge is 0.448 e. The molecule has 0 radical (unpaired) electrons. The van der Waals surface area contributed by atoms with Crippen LogP contribution in [0.4, 0.5) is 5.88 Å². The summed E-state index contributed by atoms with van der Waals surface area (Å²) in [7, 11) is 0. The van der Waals surface area contributed by atoms with Crippen LogP contribution in [0.2, 0.25) is 0 Å². The summed E-state index contributed by atoms with van der Waals surface area (Å²) >= 11 is 1.77. The van der Waals surface area contributed by atoms with Crippen LogP contribution < -0.4 is 4.90 Å². The van der Waals surface area contributed by atoms with Crippen LogP contribution in [0.15, 0.2) is 34.4 Å². The summed E-state index contributed by atoms with van der Waals surface area (Å²) < 4.78 is 5.18. The molecule has 0 unspecified atom stereocenters. The highest BCUT2D eigenvalue weighted by Gasteiger charge is 2.08. The molecule has 0 saturated carbocycles.